The third kappa shape index (κ3) is 8.70. The Balaban J connectivity index is 1.37. The third-order valence-electron chi connectivity index (χ3n) is 11.9. The molecule has 51 heavy (non-hydrogen) atoms. The molecule has 0 aromatic heterocycles. The highest BCUT2D eigenvalue weighted by Crippen LogP contribution is 2.47. The number of hydrogen-bond acceptors (Lipinski definition) is 9. The Morgan fingerprint density at radius 2 is 1.75 bits per heavy atom. The van der Waals surface area contributed by atoms with Crippen LogP contribution in [0.1, 0.15) is 80.3 Å². The van der Waals surface area contributed by atoms with Gasteiger partial charge in [0, 0.05) is 49.9 Å². The number of benzene rings is 2. The first-order valence-corrected chi connectivity index (χ1v) is 21.9. The zero-order valence-electron chi connectivity index (χ0n) is 30.0. The molecule has 2 bridgehead atoms. The Kier molecular flexibility index (Phi) is 11.7. The maximum Gasteiger partial charge on any atom is 0.264 e. The van der Waals surface area contributed by atoms with Crippen LogP contribution in [-0.2, 0) is 33.1 Å². The van der Waals surface area contributed by atoms with Crippen molar-refractivity contribution >= 4 is 43.2 Å². The van der Waals surface area contributed by atoms with Crippen LogP contribution in [0.5, 0.6) is 5.75 Å². The normalized spacial score (nSPS) is 30.1. The van der Waals surface area contributed by atoms with Crippen LogP contribution in [0.25, 0.3) is 0 Å². The number of rotatable bonds is 3. The fraction of sp³-hybridized carbons (Fsp3) is 0.649. The van der Waals surface area contributed by atoms with Gasteiger partial charge in [-0.3, -0.25) is 4.79 Å². The van der Waals surface area contributed by atoms with E-state index in [1.165, 1.54) is 4.31 Å². The third-order valence-corrected chi connectivity index (χ3v) is 16.0. The summed E-state index contributed by atoms with van der Waals surface area (Å²) in [6, 6.07) is 10.8. The van der Waals surface area contributed by atoms with Crippen LogP contribution in [0.3, 0.4) is 0 Å². The molecule has 1 amide bonds. The van der Waals surface area contributed by atoms with Gasteiger partial charge in [0.15, 0.2) is 0 Å². The van der Waals surface area contributed by atoms with E-state index in [9.17, 15) is 26.7 Å². The number of anilines is 1. The van der Waals surface area contributed by atoms with Crippen molar-refractivity contribution in [1.29, 1.82) is 0 Å². The molecule has 2 N–H and O–H groups in total. The highest BCUT2D eigenvalue weighted by Gasteiger charge is 2.50. The number of ether oxygens (including phenoxy) is 1. The lowest BCUT2D eigenvalue weighted by Gasteiger charge is -2.49. The summed E-state index contributed by atoms with van der Waals surface area (Å²) in [5.74, 6) is -1.08. The van der Waals surface area contributed by atoms with Gasteiger partial charge >= 0.3 is 0 Å². The Morgan fingerprint density at radius 1 is 0.980 bits per heavy atom. The maximum atomic E-state index is 13.9. The number of carbonyl (C=O) groups is 1. The predicted octanol–water partition coefficient (Wildman–Crippen LogP) is 4.66. The van der Waals surface area contributed by atoms with Gasteiger partial charge in [-0.25, -0.2) is 21.6 Å². The van der Waals surface area contributed by atoms with E-state index < -0.39 is 36.8 Å². The molecule has 0 unspecified atom stereocenters. The van der Waals surface area contributed by atoms with Crippen LogP contribution in [0.4, 0.5) is 5.69 Å². The van der Waals surface area contributed by atoms with E-state index in [2.05, 4.69) is 14.5 Å². The topological polar surface area (TPSA) is 137 Å². The van der Waals surface area contributed by atoms with Gasteiger partial charge in [0.05, 0.1) is 22.3 Å². The van der Waals surface area contributed by atoms with Gasteiger partial charge < -0.3 is 19.6 Å². The second-order valence-electron chi connectivity index (χ2n) is 15.3. The molecular formula is C37H53ClN4O7S2. The number of fused-ring (bicyclic) bond motifs is 3. The number of nitrogens with zero attached hydrogens (tertiary/aromatic N) is 3. The molecule has 14 heteroatoms. The largest absolute Gasteiger partial charge is 0.487 e. The Labute approximate surface area is 308 Å². The molecule has 3 heterocycles. The lowest BCUT2D eigenvalue weighted by atomic mass is 9.63. The number of sulfonamides is 2. The first-order valence-electron chi connectivity index (χ1n) is 18.4. The number of carbonyl (C=O) groups excluding carboxylic acids is 1. The summed E-state index contributed by atoms with van der Waals surface area (Å²) in [5.41, 5.74) is 1.55. The van der Waals surface area contributed by atoms with E-state index in [0.29, 0.717) is 81.6 Å². The maximum absolute atomic E-state index is 13.9. The molecule has 0 spiro atoms. The fourth-order valence-corrected chi connectivity index (χ4v) is 11.6. The van der Waals surface area contributed by atoms with Crippen molar-refractivity contribution in [2.24, 2.45) is 17.8 Å². The number of piperazine rings is 1. The second kappa shape index (κ2) is 15.5. The number of likely N-dealkylation sites (N-methyl/N-ethyl adjacent to an activating group) is 1. The SMILES string of the molecule is C[C@@H]1[C@@H](C)CCC[C@@](O)(CS(=O)(=O)N2CCN(C)CC2)[C@@H]2CC[C@H]2CN2CCCCc3cc(Cl)ccc3COc3ccc(cc32)C(=O)NS1(=O)=O. The molecule has 2 aromatic rings. The van der Waals surface area contributed by atoms with Crippen molar-refractivity contribution in [1.82, 2.24) is 13.9 Å². The van der Waals surface area contributed by atoms with Crippen LogP contribution < -0.4 is 14.4 Å². The molecule has 1 aliphatic carbocycles. The van der Waals surface area contributed by atoms with E-state index in [4.69, 9.17) is 16.3 Å². The van der Waals surface area contributed by atoms with E-state index in [1.807, 2.05) is 32.2 Å². The fourth-order valence-electron chi connectivity index (χ4n) is 8.25. The first kappa shape index (κ1) is 38.3. The number of halogens is 1. The Morgan fingerprint density at radius 3 is 2.47 bits per heavy atom. The smallest absolute Gasteiger partial charge is 0.264 e. The van der Waals surface area contributed by atoms with Crippen molar-refractivity contribution in [2.45, 2.75) is 82.7 Å². The van der Waals surface area contributed by atoms with Gasteiger partial charge in [-0.15, -0.1) is 0 Å². The van der Waals surface area contributed by atoms with Crippen molar-refractivity contribution in [2.75, 3.05) is 57.0 Å². The van der Waals surface area contributed by atoms with Gasteiger partial charge in [-0.05, 0) is 118 Å². The molecule has 4 aliphatic rings. The average molecular weight is 765 g/mol. The summed E-state index contributed by atoms with van der Waals surface area (Å²) in [5, 5.41) is 12.3. The summed E-state index contributed by atoms with van der Waals surface area (Å²) < 4.78 is 65.1. The molecule has 2 fully saturated rings. The number of hydrogen-bond donors (Lipinski definition) is 2. The van der Waals surface area contributed by atoms with Crippen molar-refractivity contribution in [3.8, 4) is 5.75 Å². The number of aliphatic hydroxyl groups is 1. The van der Waals surface area contributed by atoms with Gasteiger partial charge in [0.1, 0.15) is 12.4 Å². The van der Waals surface area contributed by atoms with Crippen LogP contribution in [-0.4, -0.2) is 100.0 Å². The number of amides is 1. The molecule has 2 aromatic carbocycles. The number of nitrogens with one attached hydrogen (secondary N) is 1. The van der Waals surface area contributed by atoms with Crippen molar-refractivity contribution in [3.63, 3.8) is 0 Å². The molecule has 5 atom stereocenters. The van der Waals surface area contributed by atoms with Crippen molar-refractivity contribution in [3.05, 3.63) is 58.1 Å². The summed E-state index contributed by atoms with van der Waals surface area (Å²) in [4.78, 5) is 17.8. The van der Waals surface area contributed by atoms with E-state index in [-0.39, 0.29) is 35.5 Å². The van der Waals surface area contributed by atoms with E-state index in [0.717, 1.165) is 36.8 Å². The summed E-state index contributed by atoms with van der Waals surface area (Å²) in [7, 11) is -5.84. The quantitative estimate of drug-likeness (QED) is 0.458. The zero-order valence-corrected chi connectivity index (χ0v) is 32.4. The lowest BCUT2D eigenvalue weighted by Crippen LogP contribution is -2.57. The van der Waals surface area contributed by atoms with E-state index >= 15 is 0 Å². The first-order chi connectivity index (χ1) is 24.1. The lowest BCUT2D eigenvalue weighted by molar-refractivity contribution is -0.0724. The molecule has 0 radical (unpaired) electrons. The van der Waals surface area contributed by atoms with Gasteiger partial charge in [-0.1, -0.05) is 31.0 Å². The minimum Gasteiger partial charge on any atom is -0.487 e. The zero-order chi connectivity index (χ0) is 36.6. The molecule has 6 rings (SSSR count). The van der Waals surface area contributed by atoms with Crippen LogP contribution in [0.15, 0.2) is 36.4 Å². The van der Waals surface area contributed by atoms with Crippen LogP contribution in [0.2, 0.25) is 5.02 Å². The predicted molar refractivity (Wildman–Crippen MR) is 200 cm³/mol. The summed E-state index contributed by atoms with van der Waals surface area (Å²) >= 11 is 6.35. The summed E-state index contributed by atoms with van der Waals surface area (Å²) in [6.45, 7) is 6.93. The molecule has 1 saturated heterocycles. The van der Waals surface area contributed by atoms with Gasteiger partial charge in [-0.2, -0.15) is 4.31 Å². The minimum absolute atomic E-state index is 0.00813. The number of aryl methyl sites for hydroxylation is 1. The summed E-state index contributed by atoms with van der Waals surface area (Å²) in [6.07, 6.45) is 5.23. The highest BCUT2D eigenvalue weighted by molar-refractivity contribution is 7.90. The van der Waals surface area contributed by atoms with Crippen LogP contribution >= 0.6 is 11.6 Å². The molecule has 11 nitrogen and oxygen atoms in total. The minimum atomic E-state index is -4.05. The standard InChI is InChI=1S/C37H53ClN4O7S2/c1-26-7-6-15-37(44,25-50(45,46)42-19-17-40(3)18-20-42)33-13-10-30(33)23-41-16-5-4-8-28-21-32(38)12-9-31(28)24-49-35-14-11-29(22-34(35)41)36(43)39-51(47,48)27(26)2/h9,11-12,14,21-22,26-27,30,33,44H,4-8,10,13,15-20,23-25H2,1-3H3,(H,39,43)/t26-,27+,30-,33+,37+/m0/s1. The van der Waals surface area contributed by atoms with E-state index in [1.54, 1.807) is 25.1 Å². The van der Waals surface area contributed by atoms with Gasteiger partial charge in [0.2, 0.25) is 20.0 Å². The molecule has 282 valence electrons. The Hall–Kier alpha value is -2.42. The molecule has 3 aliphatic heterocycles. The van der Waals surface area contributed by atoms with Crippen LogP contribution in [0, 0.1) is 17.8 Å². The molecular weight excluding hydrogens is 712 g/mol. The monoisotopic (exact) mass is 764 g/mol. The second-order valence-corrected chi connectivity index (χ2v) is 19.8. The highest BCUT2D eigenvalue weighted by atomic mass is 35.5. The molecule has 1 saturated carbocycles. The van der Waals surface area contributed by atoms with Crippen molar-refractivity contribution < 1.29 is 31.5 Å². The Bertz CT molecular complexity index is 1800. The van der Waals surface area contributed by atoms with Gasteiger partial charge in [0.25, 0.3) is 5.91 Å². The average Bonchev–Trinajstić information content (AvgIpc) is 3.08.